The van der Waals surface area contributed by atoms with Crippen molar-refractivity contribution in [1.82, 2.24) is 0 Å². The molecular weight excluding hydrogens is 346 g/mol. The number of aliphatic imine (C=N–C) groups is 1. The molecule has 1 aliphatic carbocycles. The lowest BCUT2D eigenvalue weighted by Crippen LogP contribution is -2.52. The Balaban J connectivity index is 1.71. The number of allylic oxidation sites excluding steroid dienone is 1. The number of hydrogen-bond acceptors (Lipinski definition) is 4. The zero-order valence-electron chi connectivity index (χ0n) is 13.8. The molecule has 3 aliphatic rings. The summed E-state index contributed by atoms with van der Waals surface area (Å²) in [4.78, 5) is 30.4. The Morgan fingerprint density at radius 3 is 2.31 bits per heavy atom. The predicted molar refractivity (Wildman–Crippen MR) is 103 cm³/mol. The number of thioether (sulfide) groups is 1. The van der Waals surface area contributed by atoms with Gasteiger partial charge in [0.2, 0.25) is 0 Å². The second kappa shape index (κ2) is 5.25. The van der Waals surface area contributed by atoms with Crippen LogP contribution in [-0.2, 0) is 4.79 Å². The molecule has 5 rings (SSSR count). The highest BCUT2D eigenvalue weighted by Crippen LogP contribution is 2.60. The number of anilines is 1. The molecule has 26 heavy (non-hydrogen) atoms. The second-order valence-electron chi connectivity index (χ2n) is 6.29. The lowest BCUT2D eigenvalue weighted by molar-refractivity contribution is -0.120. The van der Waals surface area contributed by atoms with Crippen LogP contribution in [0.5, 0.6) is 0 Å². The molecule has 2 aromatic rings. The molecule has 0 N–H and O–H groups in total. The first-order chi connectivity index (χ1) is 12.6. The largest absolute Gasteiger partial charge is 0.310 e. The Morgan fingerprint density at radius 1 is 0.962 bits per heavy atom. The number of hydrazone groups is 1. The number of carbonyl (C=O) groups excluding carboxylic acids is 2. The third-order valence-corrected chi connectivity index (χ3v) is 5.80. The van der Waals surface area contributed by atoms with E-state index >= 15 is 0 Å². The van der Waals surface area contributed by atoms with Crippen molar-refractivity contribution in [2.24, 2.45) is 15.5 Å². The Labute approximate surface area is 154 Å². The highest BCUT2D eigenvalue weighted by atomic mass is 32.2. The summed E-state index contributed by atoms with van der Waals surface area (Å²) in [5.41, 5.74) is 2.57. The van der Waals surface area contributed by atoms with Crippen molar-refractivity contribution in [1.29, 1.82) is 0 Å². The van der Waals surface area contributed by atoms with E-state index in [2.05, 4.69) is 10.1 Å². The normalized spacial score (nSPS) is 24.0. The van der Waals surface area contributed by atoms with Crippen LogP contribution >= 0.6 is 11.8 Å². The van der Waals surface area contributed by atoms with Gasteiger partial charge >= 0.3 is 5.24 Å². The van der Waals surface area contributed by atoms with Crippen LogP contribution in [0.2, 0.25) is 0 Å². The summed E-state index contributed by atoms with van der Waals surface area (Å²) in [6.07, 6.45) is 0. The molecule has 2 amide bonds. The second-order valence-corrected chi connectivity index (χ2v) is 7.25. The summed E-state index contributed by atoms with van der Waals surface area (Å²) in [6.45, 7) is 1.83. The van der Waals surface area contributed by atoms with Gasteiger partial charge in [-0.2, -0.15) is 10.1 Å². The minimum Gasteiger partial charge on any atom is -0.271 e. The number of rotatable bonds is 2. The highest BCUT2D eigenvalue weighted by molar-refractivity contribution is 8.18. The summed E-state index contributed by atoms with van der Waals surface area (Å²) in [7, 11) is 0. The van der Waals surface area contributed by atoms with Crippen molar-refractivity contribution >= 4 is 45.6 Å². The third kappa shape index (κ3) is 1.77. The molecule has 0 saturated heterocycles. The molecule has 2 heterocycles. The maximum Gasteiger partial charge on any atom is 0.310 e. The quantitative estimate of drug-likeness (QED) is 0.810. The van der Waals surface area contributed by atoms with Gasteiger partial charge in [0.15, 0.2) is 5.41 Å². The Bertz CT molecular complexity index is 1060. The summed E-state index contributed by atoms with van der Waals surface area (Å²) in [5, 5.41) is 5.68. The number of hydrogen-bond donors (Lipinski definition) is 0. The van der Waals surface area contributed by atoms with Gasteiger partial charge in [0, 0.05) is 10.5 Å². The Hall–Kier alpha value is -2.99. The molecule has 0 bridgehead atoms. The average molecular weight is 359 g/mol. The molecule has 1 spiro atoms. The molecule has 0 radical (unpaired) electrons. The van der Waals surface area contributed by atoms with Crippen molar-refractivity contribution < 1.29 is 9.59 Å². The van der Waals surface area contributed by atoms with E-state index in [0.717, 1.165) is 27.8 Å². The fourth-order valence-corrected chi connectivity index (χ4v) is 4.77. The van der Waals surface area contributed by atoms with E-state index in [1.54, 1.807) is 0 Å². The highest BCUT2D eigenvalue weighted by Gasteiger charge is 2.66. The standard InChI is InChI=1S/C20H13N3O2S/c1-12-20(18(24)23(22-12)14-10-6-3-7-11-14)15(13-8-4-2-5-9-13)16-17(20)21-19(25)26-16/h2-11H,1H3. The Kier molecular flexibility index (Phi) is 3.09. The zero-order valence-corrected chi connectivity index (χ0v) is 14.7. The van der Waals surface area contributed by atoms with Crippen molar-refractivity contribution in [2.45, 2.75) is 6.92 Å². The van der Waals surface area contributed by atoms with Crippen LogP contribution in [0.1, 0.15) is 12.5 Å². The first-order valence-corrected chi connectivity index (χ1v) is 9.02. The molecule has 2 aliphatic heterocycles. The number of benzene rings is 2. The van der Waals surface area contributed by atoms with Gasteiger partial charge in [0.1, 0.15) is 0 Å². The van der Waals surface area contributed by atoms with Gasteiger partial charge in [-0.1, -0.05) is 48.5 Å². The van der Waals surface area contributed by atoms with Crippen LogP contribution in [-0.4, -0.2) is 22.6 Å². The van der Waals surface area contributed by atoms with Crippen molar-refractivity contribution in [3.05, 3.63) is 71.1 Å². The topological polar surface area (TPSA) is 62.1 Å². The van der Waals surface area contributed by atoms with Crippen molar-refractivity contribution in [3.63, 3.8) is 0 Å². The van der Waals surface area contributed by atoms with Crippen LogP contribution < -0.4 is 5.01 Å². The fourth-order valence-electron chi connectivity index (χ4n) is 3.79. The monoisotopic (exact) mass is 359 g/mol. The molecule has 2 aromatic carbocycles. The van der Waals surface area contributed by atoms with E-state index in [4.69, 9.17) is 0 Å². The van der Waals surface area contributed by atoms with Crippen LogP contribution in [0.25, 0.3) is 5.57 Å². The zero-order chi connectivity index (χ0) is 17.9. The van der Waals surface area contributed by atoms with Gasteiger partial charge in [-0.05, 0) is 36.4 Å². The summed E-state index contributed by atoms with van der Waals surface area (Å²) in [6, 6.07) is 19.0. The van der Waals surface area contributed by atoms with E-state index in [-0.39, 0.29) is 11.1 Å². The molecule has 6 heteroatoms. The molecular formula is C20H13N3O2S. The van der Waals surface area contributed by atoms with Crippen LogP contribution in [0.4, 0.5) is 10.5 Å². The van der Waals surface area contributed by atoms with E-state index in [1.165, 1.54) is 5.01 Å². The van der Waals surface area contributed by atoms with Gasteiger partial charge in [-0.15, -0.1) is 0 Å². The first kappa shape index (κ1) is 15.3. The number of amides is 2. The lowest BCUT2D eigenvalue weighted by Gasteiger charge is -2.40. The number of nitrogens with zero attached hydrogens (tertiary/aromatic N) is 3. The minimum atomic E-state index is -1.06. The fraction of sp³-hybridized carbons (Fsp3) is 0.100. The van der Waals surface area contributed by atoms with Gasteiger partial charge in [-0.3, -0.25) is 9.59 Å². The van der Waals surface area contributed by atoms with E-state index in [9.17, 15) is 9.59 Å². The molecule has 0 saturated carbocycles. The summed E-state index contributed by atoms with van der Waals surface area (Å²) < 4.78 is 0. The average Bonchev–Trinajstić information content (AvgIpc) is 3.13. The van der Waals surface area contributed by atoms with Crippen LogP contribution in [0.15, 0.2) is 75.7 Å². The van der Waals surface area contributed by atoms with E-state index in [0.29, 0.717) is 17.1 Å². The minimum absolute atomic E-state index is 0.183. The molecule has 1 atom stereocenters. The number of fused-ring (bicyclic) bond motifs is 2. The summed E-state index contributed by atoms with van der Waals surface area (Å²) in [5.74, 6) is -0.183. The van der Waals surface area contributed by atoms with Gasteiger partial charge in [0.25, 0.3) is 5.91 Å². The lowest BCUT2D eigenvalue weighted by atomic mass is 9.61. The summed E-state index contributed by atoms with van der Waals surface area (Å²) >= 11 is 1.09. The third-order valence-electron chi connectivity index (χ3n) is 4.93. The van der Waals surface area contributed by atoms with E-state index < -0.39 is 5.41 Å². The van der Waals surface area contributed by atoms with Crippen molar-refractivity contribution in [2.75, 3.05) is 5.01 Å². The van der Waals surface area contributed by atoms with Gasteiger partial charge in [0.05, 0.1) is 17.1 Å². The Morgan fingerprint density at radius 2 is 1.62 bits per heavy atom. The van der Waals surface area contributed by atoms with Crippen molar-refractivity contribution in [3.8, 4) is 0 Å². The molecule has 5 nitrogen and oxygen atoms in total. The smallest absolute Gasteiger partial charge is 0.271 e. The maximum absolute atomic E-state index is 13.5. The molecule has 0 fully saturated rings. The first-order valence-electron chi connectivity index (χ1n) is 8.21. The van der Waals surface area contributed by atoms with Gasteiger partial charge in [-0.25, -0.2) is 4.99 Å². The predicted octanol–water partition coefficient (Wildman–Crippen LogP) is 4.13. The SMILES string of the molecule is CC1=NN(c2ccccc2)C(=O)C12C1=NC(=O)SC1=C2c1ccccc1. The number of carbonyl (C=O) groups is 2. The van der Waals surface area contributed by atoms with Gasteiger partial charge < -0.3 is 0 Å². The van der Waals surface area contributed by atoms with Crippen LogP contribution in [0, 0.1) is 5.41 Å². The maximum atomic E-state index is 13.5. The van der Waals surface area contributed by atoms with E-state index in [1.807, 2.05) is 67.6 Å². The molecule has 0 aromatic heterocycles. The van der Waals surface area contributed by atoms with Crippen LogP contribution in [0.3, 0.4) is 0 Å². The number of para-hydroxylation sites is 1. The molecule has 126 valence electrons. The molecule has 1 unspecified atom stereocenters.